The highest BCUT2D eigenvalue weighted by atomic mass is 32.2. The van der Waals surface area contributed by atoms with Gasteiger partial charge in [-0.25, -0.2) is 17.8 Å². The summed E-state index contributed by atoms with van der Waals surface area (Å²) < 4.78 is 29.5. The van der Waals surface area contributed by atoms with Gasteiger partial charge >= 0.3 is 0 Å². The average molecular weight is 336 g/mol. The van der Waals surface area contributed by atoms with Crippen LogP contribution in [0.2, 0.25) is 0 Å². The molecule has 7 heteroatoms. The standard InChI is InChI=1S/C16H24N4O2S/c1-13(2)9-16(3,12-17)19-23(21,22)15-10-18-20(11-15)14-7-5-4-6-8-14/h4-8,10-11,13,19H,9,12,17H2,1-3H3. The summed E-state index contributed by atoms with van der Waals surface area (Å²) in [5.74, 6) is 0.332. The second-order valence-electron chi connectivity index (χ2n) is 6.42. The first-order valence-electron chi connectivity index (χ1n) is 7.60. The third-order valence-corrected chi connectivity index (χ3v) is 5.17. The summed E-state index contributed by atoms with van der Waals surface area (Å²) in [4.78, 5) is 0.129. The van der Waals surface area contributed by atoms with Crippen molar-refractivity contribution in [1.29, 1.82) is 0 Å². The lowest BCUT2D eigenvalue weighted by molar-refractivity contribution is 0.344. The van der Waals surface area contributed by atoms with Crippen molar-refractivity contribution in [3.8, 4) is 5.69 Å². The van der Waals surface area contributed by atoms with Gasteiger partial charge in [0.2, 0.25) is 10.0 Å². The van der Waals surface area contributed by atoms with Crippen molar-refractivity contribution >= 4 is 10.0 Å². The molecule has 2 aromatic rings. The van der Waals surface area contributed by atoms with Crippen LogP contribution < -0.4 is 10.5 Å². The van der Waals surface area contributed by atoms with E-state index in [0.717, 1.165) is 5.69 Å². The van der Waals surface area contributed by atoms with Crippen molar-refractivity contribution < 1.29 is 8.42 Å². The Balaban J connectivity index is 2.25. The molecule has 6 nitrogen and oxygen atoms in total. The molecular weight excluding hydrogens is 312 g/mol. The van der Waals surface area contributed by atoms with Crippen LogP contribution in [0.3, 0.4) is 0 Å². The lowest BCUT2D eigenvalue weighted by Gasteiger charge is -2.30. The molecule has 23 heavy (non-hydrogen) atoms. The summed E-state index contributed by atoms with van der Waals surface area (Å²) in [6, 6.07) is 9.36. The summed E-state index contributed by atoms with van der Waals surface area (Å²) in [7, 11) is -3.68. The summed E-state index contributed by atoms with van der Waals surface area (Å²) in [5, 5.41) is 4.14. The molecule has 0 fully saturated rings. The van der Waals surface area contributed by atoms with E-state index in [0.29, 0.717) is 12.3 Å². The Morgan fingerprint density at radius 3 is 2.52 bits per heavy atom. The molecule has 1 heterocycles. The van der Waals surface area contributed by atoms with E-state index in [1.165, 1.54) is 17.1 Å². The van der Waals surface area contributed by atoms with Crippen molar-refractivity contribution in [1.82, 2.24) is 14.5 Å². The molecule has 0 aliphatic heterocycles. The maximum absolute atomic E-state index is 12.6. The zero-order valence-corrected chi connectivity index (χ0v) is 14.5. The topological polar surface area (TPSA) is 90.0 Å². The SMILES string of the molecule is CC(C)CC(C)(CN)NS(=O)(=O)c1cnn(-c2ccccc2)c1. The Morgan fingerprint density at radius 2 is 1.96 bits per heavy atom. The number of benzene rings is 1. The minimum Gasteiger partial charge on any atom is -0.329 e. The molecule has 0 saturated heterocycles. The normalized spacial score (nSPS) is 14.8. The van der Waals surface area contributed by atoms with E-state index < -0.39 is 15.6 Å². The number of rotatable bonds is 7. The van der Waals surface area contributed by atoms with Crippen LogP contribution in [0.4, 0.5) is 0 Å². The quantitative estimate of drug-likeness (QED) is 0.808. The van der Waals surface area contributed by atoms with Gasteiger partial charge in [0.05, 0.1) is 18.1 Å². The van der Waals surface area contributed by atoms with Crippen molar-refractivity contribution in [3.63, 3.8) is 0 Å². The third-order valence-electron chi connectivity index (χ3n) is 3.58. The third kappa shape index (κ3) is 4.40. The monoisotopic (exact) mass is 336 g/mol. The van der Waals surface area contributed by atoms with Crippen LogP contribution in [0.5, 0.6) is 0 Å². The predicted octanol–water partition coefficient (Wildman–Crippen LogP) is 1.91. The zero-order valence-electron chi connectivity index (χ0n) is 13.7. The van der Waals surface area contributed by atoms with Crippen molar-refractivity contribution in [2.45, 2.75) is 37.6 Å². The van der Waals surface area contributed by atoms with Gasteiger partial charge in [0.15, 0.2) is 0 Å². The van der Waals surface area contributed by atoms with Gasteiger partial charge in [0.25, 0.3) is 0 Å². The Hall–Kier alpha value is -1.70. The molecule has 1 atom stereocenters. The molecule has 0 saturated carbocycles. The second-order valence-corrected chi connectivity index (χ2v) is 8.11. The molecular formula is C16H24N4O2S. The van der Waals surface area contributed by atoms with Crippen LogP contribution in [0, 0.1) is 5.92 Å². The van der Waals surface area contributed by atoms with Crippen molar-refractivity contribution in [2.24, 2.45) is 11.7 Å². The molecule has 0 radical (unpaired) electrons. The van der Waals surface area contributed by atoms with Crippen molar-refractivity contribution in [3.05, 3.63) is 42.7 Å². The van der Waals surface area contributed by atoms with E-state index >= 15 is 0 Å². The summed E-state index contributed by atoms with van der Waals surface area (Å²) in [5.41, 5.74) is 5.91. The highest BCUT2D eigenvalue weighted by molar-refractivity contribution is 7.89. The van der Waals surface area contributed by atoms with Gasteiger partial charge in [-0.2, -0.15) is 5.10 Å². The van der Waals surface area contributed by atoms with Crippen LogP contribution in [-0.4, -0.2) is 30.3 Å². The summed E-state index contributed by atoms with van der Waals surface area (Å²) >= 11 is 0. The van der Waals surface area contributed by atoms with Crippen LogP contribution in [0.25, 0.3) is 5.69 Å². The molecule has 0 spiro atoms. The second kappa shape index (κ2) is 6.82. The Labute approximate surface area is 137 Å². The lowest BCUT2D eigenvalue weighted by Crippen LogP contribution is -2.51. The highest BCUT2D eigenvalue weighted by Gasteiger charge is 2.31. The van der Waals surface area contributed by atoms with Gasteiger partial charge in [-0.05, 0) is 31.4 Å². The van der Waals surface area contributed by atoms with Gasteiger partial charge < -0.3 is 5.73 Å². The number of nitrogens with zero attached hydrogens (tertiary/aromatic N) is 2. The van der Waals surface area contributed by atoms with E-state index in [2.05, 4.69) is 9.82 Å². The van der Waals surface area contributed by atoms with Crippen LogP contribution in [0.1, 0.15) is 27.2 Å². The number of nitrogens with one attached hydrogen (secondary N) is 1. The zero-order chi connectivity index (χ0) is 17.1. The highest BCUT2D eigenvalue weighted by Crippen LogP contribution is 2.20. The Bertz CT molecular complexity index is 740. The van der Waals surface area contributed by atoms with E-state index in [9.17, 15) is 8.42 Å². The number of aromatic nitrogens is 2. The Kier molecular flexibility index (Phi) is 5.23. The first-order valence-corrected chi connectivity index (χ1v) is 9.08. The molecule has 1 aromatic carbocycles. The van der Waals surface area contributed by atoms with Crippen LogP contribution in [0.15, 0.2) is 47.6 Å². The van der Waals surface area contributed by atoms with Crippen LogP contribution >= 0.6 is 0 Å². The molecule has 0 amide bonds. The van der Waals surface area contributed by atoms with Gasteiger partial charge in [-0.3, -0.25) is 0 Å². The lowest BCUT2D eigenvalue weighted by atomic mass is 9.92. The fourth-order valence-electron chi connectivity index (χ4n) is 2.62. The molecule has 1 unspecified atom stereocenters. The molecule has 0 aliphatic rings. The molecule has 0 bridgehead atoms. The van der Waals surface area contributed by atoms with Gasteiger partial charge in [-0.15, -0.1) is 0 Å². The number of hydrogen-bond donors (Lipinski definition) is 2. The summed E-state index contributed by atoms with van der Waals surface area (Å²) in [6.45, 7) is 6.13. The largest absolute Gasteiger partial charge is 0.329 e. The minimum atomic E-state index is -3.68. The van der Waals surface area contributed by atoms with E-state index in [-0.39, 0.29) is 11.4 Å². The molecule has 3 N–H and O–H groups in total. The van der Waals surface area contributed by atoms with E-state index in [1.54, 1.807) is 0 Å². The van der Waals surface area contributed by atoms with Gasteiger partial charge in [0.1, 0.15) is 4.90 Å². The van der Waals surface area contributed by atoms with Gasteiger partial charge in [0, 0.05) is 12.1 Å². The smallest absolute Gasteiger partial charge is 0.244 e. The maximum Gasteiger partial charge on any atom is 0.244 e. The molecule has 0 aliphatic carbocycles. The Morgan fingerprint density at radius 1 is 1.30 bits per heavy atom. The summed E-state index contributed by atoms with van der Waals surface area (Å²) in [6.07, 6.45) is 3.52. The minimum absolute atomic E-state index is 0.129. The van der Waals surface area contributed by atoms with Gasteiger partial charge in [-0.1, -0.05) is 32.0 Å². The number of para-hydroxylation sites is 1. The molecule has 1 aromatic heterocycles. The average Bonchev–Trinajstić information content (AvgIpc) is 2.97. The van der Waals surface area contributed by atoms with Crippen LogP contribution in [-0.2, 0) is 10.0 Å². The molecule has 126 valence electrons. The van der Waals surface area contributed by atoms with Crippen molar-refractivity contribution in [2.75, 3.05) is 6.54 Å². The first-order chi connectivity index (χ1) is 10.8. The number of nitrogens with two attached hydrogens (primary N) is 1. The fourth-order valence-corrected chi connectivity index (χ4v) is 3.98. The maximum atomic E-state index is 12.6. The molecule has 2 rings (SSSR count). The fraction of sp³-hybridized carbons (Fsp3) is 0.438. The first kappa shape index (κ1) is 17.7. The van der Waals surface area contributed by atoms with E-state index in [4.69, 9.17) is 5.73 Å². The predicted molar refractivity (Wildman–Crippen MR) is 90.8 cm³/mol. The van der Waals surface area contributed by atoms with E-state index in [1.807, 2.05) is 51.1 Å². The number of hydrogen-bond acceptors (Lipinski definition) is 4. The number of sulfonamides is 1.